The number of amides is 1. The van der Waals surface area contributed by atoms with Crippen LogP contribution in [0, 0.1) is 11.8 Å². The molecule has 150 valence electrons. The first-order valence-electron chi connectivity index (χ1n) is 10.8. The molecule has 5 heteroatoms. The number of aromatic nitrogens is 3. The van der Waals surface area contributed by atoms with Crippen molar-refractivity contribution >= 4 is 5.91 Å². The van der Waals surface area contributed by atoms with E-state index in [2.05, 4.69) is 44.5 Å². The number of hydrogen-bond donors (Lipinski definition) is 0. The Morgan fingerprint density at radius 1 is 1.07 bits per heavy atom. The summed E-state index contributed by atoms with van der Waals surface area (Å²) in [6, 6.07) is 8.18. The Morgan fingerprint density at radius 3 is 2.39 bits per heavy atom. The molecule has 28 heavy (non-hydrogen) atoms. The zero-order chi connectivity index (χ0) is 19.8. The molecule has 1 aliphatic carbocycles. The van der Waals surface area contributed by atoms with Crippen molar-refractivity contribution in [3.63, 3.8) is 0 Å². The van der Waals surface area contributed by atoms with Crippen molar-refractivity contribution < 1.29 is 4.79 Å². The minimum absolute atomic E-state index is 0.0107. The third kappa shape index (κ3) is 3.98. The molecule has 1 fully saturated rings. The molecule has 0 unspecified atom stereocenters. The lowest BCUT2D eigenvalue weighted by Crippen LogP contribution is -2.43. The predicted molar refractivity (Wildman–Crippen MR) is 110 cm³/mol. The zero-order valence-corrected chi connectivity index (χ0v) is 17.6. The number of carbonyl (C=O) groups is 1. The van der Waals surface area contributed by atoms with Gasteiger partial charge >= 0.3 is 0 Å². The fourth-order valence-corrected chi connectivity index (χ4v) is 4.14. The van der Waals surface area contributed by atoms with E-state index >= 15 is 0 Å². The van der Waals surface area contributed by atoms with Gasteiger partial charge in [0.25, 0.3) is 5.91 Å². The van der Waals surface area contributed by atoms with Crippen LogP contribution in [0.4, 0.5) is 0 Å². The Labute approximate surface area is 168 Å². The number of hydrogen-bond acceptors (Lipinski definition) is 3. The Morgan fingerprint density at radius 2 is 1.79 bits per heavy atom. The number of nitrogens with zero attached hydrogens (tertiary/aromatic N) is 4. The van der Waals surface area contributed by atoms with Gasteiger partial charge in [-0.25, -0.2) is 9.67 Å². The highest BCUT2D eigenvalue weighted by atomic mass is 16.2. The van der Waals surface area contributed by atoms with Crippen molar-refractivity contribution in [2.45, 2.75) is 71.9 Å². The van der Waals surface area contributed by atoms with Crippen LogP contribution in [0.3, 0.4) is 0 Å². The molecule has 0 radical (unpaired) electrons. The Balaban J connectivity index is 1.58. The average molecular weight is 381 g/mol. The summed E-state index contributed by atoms with van der Waals surface area (Å²) in [4.78, 5) is 20.3. The zero-order valence-electron chi connectivity index (χ0n) is 17.6. The smallest absolute Gasteiger partial charge is 0.254 e. The molecule has 2 aliphatic rings. The molecule has 0 saturated heterocycles. The Kier molecular flexibility index (Phi) is 5.26. The molecular weight excluding hydrogens is 348 g/mol. The maximum atomic E-state index is 13.4. The molecule has 0 bridgehead atoms. The molecule has 2 heterocycles. The summed E-state index contributed by atoms with van der Waals surface area (Å²) < 4.78 is 2.05. The minimum atomic E-state index is 0.0107. The topological polar surface area (TPSA) is 51.0 Å². The Bertz CT molecular complexity index is 833. The molecule has 1 atom stereocenters. The highest BCUT2D eigenvalue weighted by molar-refractivity contribution is 5.94. The second kappa shape index (κ2) is 7.69. The molecule has 0 spiro atoms. The summed E-state index contributed by atoms with van der Waals surface area (Å²) in [5.74, 6) is 3.72. The van der Waals surface area contributed by atoms with Gasteiger partial charge in [-0.15, -0.1) is 0 Å². The fraction of sp³-hybridized carbons (Fsp3) is 0.609. The van der Waals surface area contributed by atoms with E-state index in [0.29, 0.717) is 24.3 Å². The molecule has 0 N–H and O–H groups in total. The summed E-state index contributed by atoms with van der Waals surface area (Å²) in [6.07, 6.45) is 4.36. The van der Waals surface area contributed by atoms with E-state index < -0.39 is 0 Å². The van der Waals surface area contributed by atoms with Gasteiger partial charge in [-0.2, -0.15) is 5.10 Å². The van der Waals surface area contributed by atoms with E-state index in [0.717, 1.165) is 36.6 Å². The summed E-state index contributed by atoms with van der Waals surface area (Å²) in [6.45, 7) is 10.3. The summed E-state index contributed by atoms with van der Waals surface area (Å²) in [5.41, 5.74) is 2.06. The maximum absolute atomic E-state index is 13.4. The number of carbonyl (C=O) groups excluding carboxylic acids is 1. The number of rotatable bonds is 6. The van der Waals surface area contributed by atoms with Gasteiger partial charge in [0.1, 0.15) is 5.82 Å². The second-order valence-electron chi connectivity index (χ2n) is 9.26. The van der Waals surface area contributed by atoms with E-state index in [4.69, 9.17) is 10.1 Å². The van der Waals surface area contributed by atoms with Crippen LogP contribution in [0.5, 0.6) is 0 Å². The molecular formula is C23H32N4O. The summed E-state index contributed by atoms with van der Waals surface area (Å²) in [5, 5.41) is 4.74. The fourth-order valence-electron chi connectivity index (χ4n) is 4.14. The first-order chi connectivity index (χ1) is 13.4. The van der Waals surface area contributed by atoms with Crippen LogP contribution < -0.4 is 0 Å². The minimum Gasteiger partial charge on any atom is -0.327 e. The summed E-state index contributed by atoms with van der Waals surface area (Å²) in [7, 11) is 0. The van der Waals surface area contributed by atoms with Gasteiger partial charge in [-0.05, 0) is 55.2 Å². The van der Waals surface area contributed by atoms with Crippen molar-refractivity contribution in [2.24, 2.45) is 11.8 Å². The maximum Gasteiger partial charge on any atom is 0.254 e. The lowest BCUT2D eigenvalue weighted by Gasteiger charge is -2.36. The molecule has 1 aliphatic heterocycles. The second-order valence-corrected chi connectivity index (χ2v) is 9.26. The van der Waals surface area contributed by atoms with Crippen LogP contribution in [0.25, 0.3) is 0 Å². The quantitative estimate of drug-likeness (QED) is 0.736. The molecule has 1 saturated carbocycles. The van der Waals surface area contributed by atoms with Gasteiger partial charge in [0.15, 0.2) is 5.82 Å². The van der Waals surface area contributed by atoms with Crippen molar-refractivity contribution in [2.75, 3.05) is 6.54 Å². The summed E-state index contributed by atoms with van der Waals surface area (Å²) >= 11 is 0. The van der Waals surface area contributed by atoms with E-state index in [9.17, 15) is 4.79 Å². The first-order valence-corrected chi connectivity index (χ1v) is 10.8. The van der Waals surface area contributed by atoms with Crippen LogP contribution in [-0.2, 0) is 13.0 Å². The van der Waals surface area contributed by atoms with Gasteiger partial charge in [-0.1, -0.05) is 39.8 Å². The molecule has 1 amide bonds. The molecule has 5 nitrogen and oxygen atoms in total. The third-order valence-corrected chi connectivity index (χ3v) is 5.69. The van der Waals surface area contributed by atoms with Crippen LogP contribution >= 0.6 is 0 Å². The molecule has 1 aromatic heterocycles. The van der Waals surface area contributed by atoms with Gasteiger partial charge in [0, 0.05) is 18.0 Å². The molecule has 1 aromatic carbocycles. The van der Waals surface area contributed by atoms with Gasteiger partial charge < -0.3 is 4.90 Å². The number of fused-ring (bicyclic) bond motifs is 1. The van der Waals surface area contributed by atoms with Gasteiger partial charge in [-0.3, -0.25) is 4.79 Å². The van der Waals surface area contributed by atoms with Crippen LogP contribution in [0.1, 0.15) is 86.5 Å². The van der Waals surface area contributed by atoms with Crippen molar-refractivity contribution in [1.82, 2.24) is 19.7 Å². The third-order valence-electron chi connectivity index (χ3n) is 5.69. The predicted octanol–water partition coefficient (Wildman–Crippen LogP) is 4.60. The monoisotopic (exact) mass is 380 g/mol. The standard InChI is InChI=1S/C23H32N4O/c1-15(2)13-17-5-7-19(8-6-17)23(28)26-11-12-27-22(20(26)14-16(3)4)24-21(25-27)18-9-10-18/h5-8,15-16,18,20H,9-14H2,1-4H3/t20-/m0/s1. The van der Waals surface area contributed by atoms with E-state index in [1.807, 2.05) is 17.0 Å². The van der Waals surface area contributed by atoms with E-state index in [1.165, 1.54) is 18.4 Å². The van der Waals surface area contributed by atoms with Gasteiger partial charge in [0.2, 0.25) is 0 Å². The molecule has 4 rings (SSSR count). The van der Waals surface area contributed by atoms with Crippen LogP contribution in [0.15, 0.2) is 24.3 Å². The highest BCUT2D eigenvalue weighted by Crippen LogP contribution is 2.40. The Hall–Kier alpha value is -2.17. The highest BCUT2D eigenvalue weighted by Gasteiger charge is 2.37. The van der Waals surface area contributed by atoms with E-state index in [-0.39, 0.29) is 11.9 Å². The van der Waals surface area contributed by atoms with Crippen LogP contribution in [-0.4, -0.2) is 32.1 Å². The number of benzene rings is 1. The lowest BCUT2D eigenvalue weighted by atomic mass is 9.98. The largest absolute Gasteiger partial charge is 0.327 e. The normalized spacial score (nSPS) is 19.4. The average Bonchev–Trinajstić information content (AvgIpc) is 3.40. The van der Waals surface area contributed by atoms with Crippen molar-refractivity contribution in [3.05, 3.63) is 47.0 Å². The van der Waals surface area contributed by atoms with Crippen molar-refractivity contribution in [3.8, 4) is 0 Å². The van der Waals surface area contributed by atoms with Gasteiger partial charge in [0.05, 0.1) is 12.6 Å². The van der Waals surface area contributed by atoms with E-state index in [1.54, 1.807) is 0 Å². The van der Waals surface area contributed by atoms with Crippen molar-refractivity contribution in [1.29, 1.82) is 0 Å². The SMILES string of the molecule is CC(C)Cc1ccc(C(=O)N2CCn3nc(C4CC4)nc3[C@@H]2CC(C)C)cc1. The molecule has 2 aromatic rings. The van der Waals surface area contributed by atoms with Crippen LogP contribution in [0.2, 0.25) is 0 Å². The first kappa shape index (κ1) is 19.2. The lowest BCUT2D eigenvalue weighted by molar-refractivity contribution is 0.0578.